The summed E-state index contributed by atoms with van der Waals surface area (Å²) < 4.78 is 5.51. The average molecular weight is 192 g/mol. The largest absolute Gasteiger partial charge is 0.363 e. The van der Waals surface area contributed by atoms with Crippen LogP contribution in [0.4, 0.5) is 0 Å². The fourth-order valence-electron chi connectivity index (χ4n) is 1.90. The Kier molecular flexibility index (Phi) is 1.83. The molecule has 14 heavy (non-hydrogen) atoms. The lowest BCUT2D eigenvalue weighted by Gasteiger charge is -2.22. The number of ether oxygens (including phenoxy) is 1. The van der Waals surface area contributed by atoms with Crippen molar-refractivity contribution in [3.8, 4) is 0 Å². The van der Waals surface area contributed by atoms with Crippen LogP contribution in [-0.4, -0.2) is 18.3 Å². The summed E-state index contributed by atoms with van der Waals surface area (Å²) in [5.41, 5.74) is 1.12. The van der Waals surface area contributed by atoms with Crippen molar-refractivity contribution in [1.82, 2.24) is 0 Å². The van der Waals surface area contributed by atoms with Crippen LogP contribution < -0.4 is 0 Å². The molecule has 3 heteroatoms. The van der Waals surface area contributed by atoms with Crippen LogP contribution in [0.25, 0.3) is 0 Å². The molecule has 2 fully saturated rings. The molecule has 0 bridgehead atoms. The Morgan fingerprint density at radius 1 is 1.00 bits per heavy atom. The first-order valence-corrected chi connectivity index (χ1v) is 4.89. The van der Waals surface area contributed by atoms with Crippen LogP contribution in [0.5, 0.6) is 0 Å². The van der Waals surface area contributed by atoms with Gasteiger partial charge >= 0.3 is 0 Å². The SMILES string of the molecule is CC1OO[C@@H](c2ccccc2)[C@@H]2O[C@H]12. The highest BCUT2D eigenvalue weighted by Gasteiger charge is 2.54. The number of fused-ring (bicyclic) bond motifs is 1. The first-order valence-electron chi connectivity index (χ1n) is 4.89. The Morgan fingerprint density at radius 2 is 1.79 bits per heavy atom. The van der Waals surface area contributed by atoms with Crippen LogP contribution in [-0.2, 0) is 14.5 Å². The highest BCUT2D eigenvalue weighted by Crippen LogP contribution is 2.43. The molecule has 2 aliphatic rings. The molecule has 0 spiro atoms. The van der Waals surface area contributed by atoms with E-state index in [1.54, 1.807) is 0 Å². The van der Waals surface area contributed by atoms with E-state index in [1.807, 2.05) is 37.3 Å². The fourth-order valence-corrected chi connectivity index (χ4v) is 1.90. The van der Waals surface area contributed by atoms with E-state index in [1.165, 1.54) is 0 Å². The normalized spacial score (nSPS) is 40.4. The minimum atomic E-state index is -0.0580. The van der Waals surface area contributed by atoms with Gasteiger partial charge in [-0.05, 0) is 12.5 Å². The number of hydrogen-bond donors (Lipinski definition) is 0. The van der Waals surface area contributed by atoms with Crippen LogP contribution in [0.3, 0.4) is 0 Å². The van der Waals surface area contributed by atoms with Gasteiger partial charge in [0.1, 0.15) is 24.4 Å². The molecular weight excluding hydrogens is 180 g/mol. The highest BCUT2D eigenvalue weighted by molar-refractivity contribution is 5.21. The molecule has 0 aliphatic carbocycles. The lowest BCUT2D eigenvalue weighted by molar-refractivity contribution is -0.364. The Bertz CT molecular complexity index is 325. The predicted molar refractivity (Wildman–Crippen MR) is 49.5 cm³/mol. The van der Waals surface area contributed by atoms with E-state index in [0.29, 0.717) is 0 Å². The van der Waals surface area contributed by atoms with Gasteiger partial charge in [-0.3, -0.25) is 0 Å². The maximum atomic E-state index is 5.51. The Morgan fingerprint density at radius 3 is 2.57 bits per heavy atom. The molecule has 0 radical (unpaired) electrons. The van der Waals surface area contributed by atoms with Crippen LogP contribution in [0.2, 0.25) is 0 Å². The summed E-state index contributed by atoms with van der Waals surface area (Å²) in [4.78, 5) is 10.5. The highest BCUT2D eigenvalue weighted by atomic mass is 17.2. The molecule has 0 amide bonds. The quantitative estimate of drug-likeness (QED) is 0.502. The molecule has 1 unspecified atom stereocenters. The van der Waals surface area contributed by atoms with Gasteiger partial charge in [0.25, 0.3) is 0 Å². The molecule has 2 heterocycles. The van der Waals surface area contributed by atoms with Gasteiger partial charge in [-0.25, -0.2) is 9.78 Å². The Labute approximate surface area is 82.5 Å². The zero-order valence-electron chi connectivity index (χ0n) is 7.92. The van der Waals surface area contributed by atoms with Crippen LogP contribution in [0.15, 0.2) is 30.3 Å². The van der Waals surface area contributed by atoms with Crippen molar-refractivity contribution < 1.29 is 14.5 Å². The van der Waals surface area contributed by atoms with Crippen LogP contribution in [0.1, 0.15) is 18.6 Å². The molecule has 0 saturated carbocycles. The second-order valence-electron chi connectivity index (χ2n) is 3.79. The first-order chi connectivity index (χ1) is 6.86. The zero-order chi connectivity index (χ0) is 9.54. The molecule has 4 atom stereocenters. The summed E-state index contributed by atoms with van der Waals surface area (Å²) in [5.74, 6) is 0. The summed E-state index contributed by atoms with van der Waals surface area (Å²) in [6.07, 6.45) is 0.396. The van der Waals surface area contributed by atoms with E-state index in [4.69, 9.17) is 14.5 Å². The summed E-state index contributed by atoms with van der Waals surface area (Å²) in [7, 11) is 0. The van der Waals surface area contributed by atoms with Crippen molar-refractivity contribution in [2.75, 3.05) is 0 Å². The van der Waals surface area contributed by atoms with Crippen molar-refractivity contribution in [3.63, 3.8) is 0 Å². The molecular formula is C11H12O3. The van der Waals surface area contributed by atoms with Gasteiger partial charge in [-0.2, -0.15) is 0 Å². The minimum absolute atomic E-state index is 0.0555. The van der Waals surface area contributed by atoms with E-state index < -0.39 is 0 Å². The second-order valence-corrected chi connectivity index (χ2v) is 3.79. The molecule has 1 aromatic carbocycles. The number of rotatable bonds is 1. The molecule has 3 nitrogen and oxygen atoms in total. The molecule has 3 rings (SSSR count). The zero-order valence-corrected chi connectivity index (χ0v) is 7.92. The van der Waals surface area contributed by atoms with Gasteiger partial charge < -0.3 is 4.74 Å². The summed E-state index contributed by atoms with van der Waals surface area (Å²) >= 11 is 0. The van der Waals surface area contributed by atoms with Gasteiger partial charge in [-0.1, -0.05) is 30.3 Å². The van der Waals surface area contributed by atoms with E-state index in [9.17, 15) is 0 Å². The Balaban J connectivity index is 1.82. The van der Waals surface area contributed by atoms with E-state index in [-0.39, 0.29) is 24.4 Å². The number of hydrogen-bond acceptors (Lipinski definition) is 3. The summed E-state index contributed by atoms with van der Waals surface area (Å²) in [5, 5.41) is 0. The van der Waals surface area contributed by atoms with Gasteiger partial charge in [-0.15, -0.1) is 0 Å². The third-order valence-corrected chi connectivity index (χ3v) is 2.76. The lowest BCUT2D eigenvalue weighted by atomic mass is 10.0. The standard InChI is InChI=1S/C11H12O3/c1-7-9-11(12-9)10(14-13-7)8-5-3-2-4-6-8/h2-7,9-11H,1H3/t7?,9-,10+,11-/m1/s1. The van der Waals surface area contributed by atoms with Crippen molar-refractivity contribution >= 4 is 0 Å². The van der Waals surface area contributed by atoms with Gasteiger partial charge in [0.05, 0.1) is 0 Å². The maximum absolute atomic E-state index is 5.51. The Hall–Kier alpha value is -0.900. The number of benzene rings is 1. The summed E-state index contributed by atoms with van der Waals surface area (Å²) in [6.45, 7) is 1.96. The van der Waals surface area contributed by atoms with E-state index >= 15 is 0 Å². The fraction of sp³-hybridized carbons (Fsp3) is 0.455. The maximum Gasteiger partial charge on any atom is 0.147 e. The monoisotopic (exact) mass is 192 g/mol. The number of epoxide rings is 1. The van der Waals surface area contributed by atoms with Gasteiger partial charge in [0.2, 0.25) is 0 Å². The van der Waals surface area contributed by atoms with Gasteiger partial charge in [0.15, 0.2) is 0 Å². The molecule has 2 aliphatic heterocycles. The van der Waals surface area contributed by atoms with Gasteiger partial charge in [0, 0.05) is 0 Å². The average Bonchev–Trinajstić information content (AvgIpc) is 3.00. The predicted octanol–water partition coefficient (Wildman–Crippen LogP) is 1.85. The third-order valence-electron chi connectivity index (χ3n) is 2.76. The van der Waals surface area contributed by atoms with Crippen LogP contribution >= 0.6 is 0 Å². The molecule has 0 N–H and O–H groups in total. The second kappa shape index (κ2) is 3.05. The topological polar surface area (TPSA) is 31.0 Å². The summed E-state index contributed by atoms with van der Waals surface area (Å²) in [6, 6.07) is 10.0. The van der Waals surface area contributed by atoms with Crippen molar-refractivity contribution in [3.05, 3.63) is 35.9 Å². The molecule has 0 aromatic heterocycles. The van der Waals surface area contributed by atoms with Crippen molar-refractivity contribution in [2.45, 2.75) is 31.3 Å². The van der Waals surface area contributed by atoms with E-state index in [2.05, 4.69) is 0 Å². The van der Waals surface area contributed by atoms with Crippen molar-refractivity contribution in [2.24, 2.45) is 0 Å². The molecule has 2 saturated heterocycles. The van der Waals surface area contributed by atoms with E-state index in [0.717, 1.165) is 5.56 Å². The molecule has 1 aromatic rings. The third kappa shape index (κ3) is 1.25. The van der Waals surface area contributed by atoms with Crippen molar-refractivity contribution in [1.29, 1.82) is 0 Å². The molecule has 74 valence electrons. The minimum Gasteiger partial charge on any atom is -0.363 e. The van der Waals surface area contributed by atoms with Crippen LogP contribution in [0, 0.1) is 0 Å². The smallest absolute Gasteiger partial charge is 0.147 e. The first kappa shape index (κ1) is 8.41. The lowest BCUT2D eigenvalue weighted by Crippen LogP contribution is -2.28.